The number of aryl methyl sites for hydroxylation is 2. The van der Waals surface area contributed by atoms with Crippen LogP contribution in [0.2, 0.25) is 0 Å². The first-order chi connectivity index (χ1) is 10.0. The lowest BCUT2D eigenvalue weighted by Crippen LogP contribution is -2.23. The van der Waals surface area contributed by atoms with Gasteiger partial charge in [-0.05, 0) is 24.6 Å². The Labute approximate surface area is 131 Å². The first-order valence-corrected chi connectivity index (χ1v) is 7.56. The highest BCUT2D eigenvalue weighted by molar-refractivity contribution is 9.10. The van der Waals surface area contributed by atoms with Crippen LogP contribution >= 0.6 is 15.9 Å². The molecule has 2 aromatic rings. The number of amides is 1. The molecule has 0 bridgehead atoms. The molecular weight excluding hydrogens is 334 g/mol. The maximum absolute atomic E-state index is 12.2. The summed E-state index contributed by atoms with van der Waals surface area (Å²) in [6.07, 6.45) is 2.64. The van der Waals surface area contributed by atoms with Crippen LogP contribution in [-0.2, 0) is 20.0 Å². The summed E-state index contributed by atoms with van der Waals surface area (Å²) < 4.78 is 8.31. The number of carbonyl (C=O) groups excluding carboxylic acids is 1. The van der Waals surface area contributed by atoms with Gasteiger partial charge in [-0.15, -0.1) is 0 Å². The summed E-state index contributed by atoms with van der Waals surface area (Å²) in [6, 6.07) is 4.06. The number of benzene rings is 1. The fourth-order valence-corrected chi connectivity index (χ4v) is 3.12. The average Bonchev–Trinajstić information content (AvgIpc) is 3.01. The van der Waals surface area contributed by atoms with E-state index in [2.05, 4.69) is 32.4 Å². The lowest BCUT2D eigenvalue weighted by molar-refractivity contribution is 0.0950. The molecule has 3 rings (SSSR count). The van der Waals surface area contributed by atoms with E-state index in [-0.39, 0.29) is 5.91 Å². The second-order valence-corrected chi connectivity index (χ2v) is 6.05. The lowest BCUT2D eigenvalue weighted by Gasteiger charge is -2.10. The predicted molar refractivity (Wildman–Crippen MR) is 82.5 cm³/mol. The molecule has 0 atom stereocenters. The Morgan fingerprint density at radius 2 is 2.33 bits per heavy atom. The number of hydrogen-bond acceptors (Lipinski definition) is 3. The number of carbonyl (C=O) groups is 1. The summed E-state index contributed by atoms with van der Waals surface area (Å²) in [5.74, 6) is 0.786. The normalized spacial score (nSPS) is 12.9. The van der Waals surface area contributed by atoms with Crippen LogP contribution in [0.1, 0.15) is 27.2 Å². The number of fused-ring (bicyclic) bond motifs is 1. The zero-order chi connectivity index (χ0) is 15.0. The molecule has 1 aromatic carbocycles. The maximum Gasteiger partial charge on any atom is 0.255 e. The van der Waals surface area contributed by atoms with Crippen molar-refractivity contribution in [3.05, 3.63) is 45.2 Å². The number of hydrogen-bond donors (Lipinski definition) is 1. The number of nitrogens with one attached hydrogen (secondary N) is 1. The van der Waals surface area contributed by atoms with E-state index in [1.54, 1.807) is 17.9 Å². The molecule has 110 valence electrons. The van der Waals surface area contributed by atoms with Gasteiger partial charge in [0, 0.05) is 36.2 Å². The molecule has 0 aliphatic carbocycles. The topological polar surface area (TPSA) is 56.2 Å². The van der Waals surface area contributed by atoms with Crippen LogP contribution in [0.3, 0.4) is 0 Å². The van der Waals surface area contributed by atoms with E-state index in [1.807, 2.05) is 13.0 Å². The van der Waals surface area contributed by atoms with Crippen molar-refractivity contribution in [3.63, 3.8) is 0 Å². The third kappa shape index (κ3) is 2.81. The summed E-state index contributed by atoms with van der Waals surface area (Å²) in [4.78, 5) is 12.2. The highest BCUT2D eigenvalue weighted by Gasteiger charge is 2.19. The van der Waals surface area contributed by atoms with E-state index in [0.717, 1.165) is 27.9 Å². The van der Waals surface area contributed by atoms with Crippen LogP contribution < -0.4 is 10.1 Å². The van der Waals surface area contributed by atoms with Crippen molar-refractivity contribution >= 4 is 21.8 Å². The standard InChI is InChI=1S/C15H16BrN3O2/c1-9-13(8-19(2)18-9)15(20)17-7-11-6-12(16)5-10-3-4-21-14(10)11/h5-6,8H,3-4,7H2,1-2H3,(H,17,20). The van der Waals surface area contributed by atoms with Gasteiger partial charge in [0.25, 0.3) is 5.91 Å². The van der Waals surface area contributed by atoms with E-state index in [1.165, 1.54) is 5.56 Å². The minimum Gasteiger partial charge on any atom is -0.493 e. The Kier molecular flexibility index (Phi) is 3.71. The summed E-state index contributed by atoms with van der Waals surface area (Å²) in [5.41, 5.74) is 3.51. The number of aromatic nitrogens is 2. The largest absolute Gasteiger partial charge is 0.493 e. The Morgan fingerprint density at radius 1 is 1.52 bits per heavy atom. The maximum atomic E-state index is 12.2. The van der Waals surface area contributed by atoms with Crippen LogP contribution in [0, 0.1) is 6.92 Å². The molecule has 6 heteroatoms. The van der Waals surface area contributed by atoms with Crippen molar-refractivity contribution in [3.8, 4) is 5.75 Å². The Balaban J connectivity index is 1.77. The van der Waals surface area contributed by atoms with E-state index < -0.39 is 0 Å². The van der Waals surface area contributed by atoms with Crippen molar-refractivity contribution < 1.29 is 9.53 Å². The number of halogens is 1. The van der Waals surface area contributed by atoms with Crippen molar-refractivity contribution in [2.24, 2.45) is 7.05 Å². The SMILES string of the molecule is Cc1nn(C)cc1C(=O)NCc1cc(Br)cc2c1OCC2. The molecule has 1 aliphatic rings. The zero-order valence-electron chi connectivity index (χ0n) is 11.9. The van der Waals surface area contributed by atoms with Crippen LogP contribution in [0.4, 0.5) is 0 Å². The van der Waals surface area contributed by atoms with Crippen molar-refractivity contribution in [2.45, 2.75) is 19.9 Å². The third-order valence-electron chi connectivity index (χ3n) is 3.52. The molecule has 0 radical (unpaired) electrons. The van der Waals surface area contributed by atoms with Crippen molar-refractivity contribution in [2.75, 3.05) is 6.61 Å². The third-order valence-corrected chi connectivity index (χ3v) is 3.98. The van der Waals surface area contributed by atoms with Gasteiger partial charge in [-0.2, -0.15) is 5.10 Å². The summed E-state index contributed by atoms with van der Waals surface area (Å²) in [5, 5.41) is 7.12. The molecule has 0 saturated heterocycles. The second kappa shape index (κ2) is 5.52. The minimum absolute atomic E-state index is 0.118. The molecule has 5 nitrogen and oxygen atoms in total. The van der Waals surface area contributed by atoms with E-state index in [0.29, 0.717) is 18.7 Å². The minimum atomic E-state index is -0.118. The van der Waals surface area contributed by atoms with Crippen molar-refractivity contribution in [1.29, 1.82) is 0 Å². The van der Waals surface area contributed by atoms with E-state index >= 15 is 0 Å². The molecule has 0 fully saturated rings. The Morgan fingerprint density at radius 3 is 3.05 bits per heavy atom. The molecule has 1 aliphatic heterocycles. The smallest absolute Gasteiger partial charge is 0.255 e. The lowest BCUT2D eigenvalue weighted by atomic mass is 10.1. The van der Waals surface area contributed by atoms with Crippen LogP contribution in [0.15, 0.2) is 22.8 Å². The fraction of sp³-hybridized carbons (Fsp3) is 0.333. The average molecular weight is 350 g/mol. The Bertz CT molecular complexity index is 709. The molecule has 21 heavy (non-hydrogen) atoms. The highest BCUT2D eigenvalue weighted by Crippen LogP contribution is 2.32. The molecule has 0 saturated carbocycles. The number of rotatable bonds is 3. The number of nitrogens with zero attached hydrogens (tertiary/aromatic N) is 2. The first kappa shape index (κ1) is 14.1. The van der Waals surface area contributed by atoms with Gasteiger partial charge < -0.3 is 10.1 Å². The number of ether oxygens (including phenoxy) is 1. The van der Waals surface area contributed by atoms with Crippen molar-refractivity contribution in [1.82, 2.24) is 15.1 Å². The molecule has 0 unspecified atom stereocenters. The van der Waals surface area contributed by atoms with E-state index in [4.69, 9.17) is 4.74 Å². The quantitative estimate of drug-likeness (QED) is 0.925. The molecule has 2 heterocycles. The van der Waals surface area contributed by atoms with E-state index in [9.17, 15) is 4.79 Å². The summed E-state index contributed by atoms with van der Waals surface area (Å²) >= 11 is 3.50. The monoisotopic (exact) mass is 349 g/mol. The van der Waals surface area contributed by atoms with Crippen LogP contribution in [0.5, 0.6) is 5.75 Å². The van der Waals surface area contributed by atoms with Gasteiger partial charge in [0.15, 0.2) is 0 Å². The second-order valence-electron chi connectivity index (χ2n) is 5.14. The molecule has 1 N–H and O–H groups in total. The zero-order valence-corrected chi connectivity index (χ0v) is 13.5. The van der Waals surface area contributed by atoms with Gasteiger partial charge in [-0.1, -0.05) is 15.9 Å². The van der Waals surface area contributed by atoms with Gasteiger partial charge in [-0.25, -0.2) is 0 Å². The van der Waals surface area contributed by atoms with Gasteiger partial charge in [0.1, 0.15) is 5.75 Å². The van der Waals surface area contributed by atoms with Gasteiger partial charge in [-0.3, -0.25) is 9.48 Å². The molecule has 1 aromatic heterocycles. The Hall–Kier alpha value is -1.82. The van der Waals surface area contributed by atoms with Gasteiger partial charge >= 0.3 is 0 Å². The summed E-state index contributed by atoms with van der Waals surface area (Å²) in [6.45, 7) is 2.97. The van der Waals surface area contributed by atoms with Gasteiger partial charge in [0.05, 0.1) is 17.9 Å². The first-order valence-electron chi connectivity index (χ1n) is 6.77. The molecule has 1 amide bonds. The van der Waals surface area contributed by atoms with Gasteiger partial charge in [0.2, 0.25) is 0 Å². The predicted octanol–water partition coefficient (Wildman–Crippen LogP) is 2.36. The summed E-state index contributed by atoms with van der Waals surface area (Å²) in [7, 11) is 1.80. The fourth-order valence-electron chi connectivity index (χ4n) is 2.57. The molecule has 0 spiro atoms. The molecular formula is C15H16BrN3O2. The van der Waals surface area contributed by atoms with Crippen LogP contribution in [-0.4, -0.2) is 22.3 Å². The highest BCUT2D eigenvalue weighted by atomic mass is 79.9. The van der Waals surface area contributed by atoms with Crippen LogP contribution in [0.25, 0.3) is 0 Å².